The topological polar surface area (TPSA) is 162 Å². The normalized spacial score (nSPS) is 14.0. The summed E-state index contributed by atoms with van der Waals surface area (Å²) in [6, 6.07) is 1.52. The molecule has 0 aliphatic carbocycles. The number of hydrogen-bond donors (Lipinski definition) is 2. The molecule has 182 valence electrons. The number of carbonyl (C=O) groups is 1. The van der Waals surface area contributed by atoms with Crippen molar-refractivity contribution in [1.29, 1.82) is 5.26 Å². The Morgan fingerprint density at radius 1 is 0.968 bits per heavy atom. The molecule has 1 atom stereocenters. The minimum atomic E-state index is -5.38. The maximum Gasteiger partial charge on any atom is 0.383 e. The third-order valence-electron chi connectivity index (χ3n) is 4.86. The predicted molar refractivity (Wildman–Crippen MR) is 116 cm³/mol. The molecule has 0 aliphatic heterocycles. The van der Waals surface area contributed by atoms with Crippen molar-refractivity contribution in [3.8, 4) is 6.07 Å². The van der Waals surface area contributed by atoms with Crippen molar-refractivity contribution in [2.24, 2.45) is 0 Å². The lowest BCUT2D eigenvalue weighted by Gasteiger charge is -2.31. The second-order valence-electron chi connectivity index (χ2n) is 7.68. The number of aliphatic hydroxyl groups excluding tert-OH is 1. The molecule has 1 unspecified atom stereocenters. The third-order valence-corrected chi connectivity index (χ3v) is 7.09. The van der Waals surface area contributed by atoms with Gasteiger partial charge in [0.25, 0.3) is 0 Å². The second-order valence-corrected chi connectivity index (χ2v) is 10.4. The fraction of sp³-hybridized carbons (Fsp3) is 0.895. The van der Waals surface area contributed by atoms with E-state index in [9.17, 15) is 31.4 Å². The first-order valence-electron chi connectivity index (χ1n) is 10.7. The molecular weight excluding hydrogens is 448 g/mol. The lowest BCUT2D eigenvalue weighted by molar-refractivity contribution is 0.195. The largest absolute Gasteiger partial charge is 0.396 e. The van der Waals surface area contributed by atoms with Gasteiger partial charge < -0.3 is 5.11 Å². The van der Waals surface area contributed by atoms with Gasteiger partial charge in [-0.05, 0) is 26.2 Å². The highest BCUT2D eigenvalue weighted by Gasteiger charge is 2.48. The van der Waals surface area contributed by atoms with Gasteiger partial charge in [-0.2, -0.15) is 26.4 Å². The zero-order valence-corrected chi connectivity index (χ0v) is 20.1. The van der Waals surface area contributed by atoms with Crippen molar-refractivity contribution in [1.82, 2.24) is 4.31 Å². The maximum absolute atomic E-state index is 12.4. The van der Waals surface area contributed by atoms with Crippen molar-refractivity contribution in [2.45, 2.75) is 96.4 Å². The molecule has 1 amide bonds. The lowest BCUT2D eigenvalue weighted by Crippen LogP contribution is -2.53. The van der Waals surface area contributed by atoms with Gasteiger partial charge in [-0.15, -0.1) is 0 Å². The first-order valence-corrected chi connectivity index (χ1v) is 13.5. The van der Waals surface area contributed by atoms with E-state index in [1.54, 1.807) is 0 Å². The van der Waals surface area contributed by atoms with E-state index in [4.69, 9.17) is 5.11 Å². The number of amides is 1. The summed E-state index contributed by atoms with van der Waals surface area (Å²) in [6.45, 7) is 2.40. The van der Waals surface area contributed by atoms with E-state index in [0.29, 0.717) is 12.8 Å². The molecular formula is C19H36N2O8S2. The molecule has 0 spiro atoms. The summed E-state index contributed by atoms with van der Waals surface area (Å²) in [5.41, 5.74) is -2.21. The zero-order chi connectivity index (χ0) is 24.0. The van der Waals surface area contributed by atoms with E-state index >= 15 is 0 Å². The van der Waals surface area contributed by atoms with Crippen LogP contribution in [0.3, 0.4) is 0 Å². The number of rotatable bonds is 17. The SMILES string of the molecule is CCCCCCCCCCCCOS(=O)(=O)C(=O)N(C(C)(C#N)CCCO)S(=O)(=O)O. The number of unbranched alkanes of at least 4 members (excludes halogenated alkanes) is 9. The van der Waals surface area contributed by atoms with Gasteiger partial charge in [0.15, 0.2) is 0 Å². The Morgan fingerprint density at radius 3 is 1.87 bits per heavy atom. The highest BCUT2D eigenvalue weighted by atomic mass is 32.2. The van der Waals surface area contributed by atoms with Gasteiger partial charge in [-0.1, -0.05) is 64.7 Å². The van der Waals surface area contributed by atoms with Crippen molar-refractivity contribution in [3.05, 3.63) is 0 Å². The summed E-state index contributed by atoms with van der Waals surface area (Å²) in [4.78, 5) is 12.4. The van der Waals surface area contributed by atoms with Crippen LogP contribution in [-0.2, 0) is 24.6 Å². The Balaban J connectivity index is 4.70. The molecule has 0 saturated heterocycles. The number of nitrogens with zero attached hydrogens (tertiary/aromatic N) is 2. The number of aliphatic hydroxyl groups is 1. The van der Waals surface area contributed by atoms with E-state index in [1.807, 2.05) is 0 Å². The molecule has 0 fully saturated rings. The Bertz CT molecular complexity index is 777. The molecule has 0 aromatic rings. The van der Waals surface area contributed by atoms with E-state index < -0.39 is 42.1 Å². The minimum Gasteiger partial charge on any atom is -0.396 e. The van der Waals surface area contributed by atoms with E-state index in [2.05, 4.69) is 11.1 Å². The first-order chi connectivity index (χ1) is 14.5. The van der Waals surface area contributed by atoms with E-state index in [1.165, 1.54) is 38.2 Å². The van der Waals surface area contributed by atoms with Crippen LogP contribution in [0.25, 0.3) is 0 Å². The van der Waals surface area contributed by atoms with Gasteiger partial charge in [0, 0.05) is 6.61 Å². The summed E-state index contributed by atoms with van der Waals surface area (Å²) in [5.74, 6) is 0. The number of carbonyl (C=O) groups excluding carboxylic acids is 1. The summed E-state index contributed by atoms with van der Waals surface area (Å²) >= 11 is 0. The number of hydrogen-bond acceptors (Lipinski definition) is 8. The Morgan fingerprint density at radius 2 is 1.45 bits per heavy atom. The molecule has 0 heterocycles. The van der Waals surface area contributed by atoms with E-state index in [0.717, 1.165) is 26.2 Å². The number of nitriles is 1. The zero-order valence-electron chi connectivity index (χ0n) is 18.5. The van der Waals surface area contributed by atoms with Gasteiger partial charge in [-0.3, -0.25) is 13.5 Å². The van der Waals surface area contributed by atoms with Gasteiger partial charge in [0.05, 0.1) is 12.7 Å². The summed E-state index contributed by atoms with van der Waals surface area (Å²) in [6.07, 6.45) is 9.63. The molecule has 0 bridgehead atoms. The smallest absolute Gasteiger partial charge is 0.383 e. The van der Waals surface area contributed by atoms with Crippen LogP contribution >= 0.6 is 0 Å². The van der Waals surface area contributed by atoms with Crippen molar-refractivity contribution in [3.63, 3.8) is 0 Å². The highest BCUT2D eigenvalue weighted by molar-refractivity contribution is 8.03. The molecule has 12 heteroatoms. The van der Waals surface area contributed by atoms with Crippen LogP contribution in [-0.4, -0.2) is 54.8 Å². The summed E-state index contributed by atoms with van der Waals surface area (Å²) in [7, 11) is -10.4. The summed E-state index contributed by atoms with van der Waals surface area (Å²) < 4.78 is 61.3. The standard InChI is InChI=1S/C19H36N2O8S2/c1-3-4-5-6-7-8-9-10-11-12-16-29-30(24,25)18(23)21(31(26,27)28)19(2,17-20)14-13-15-22/h22H,3-16H2,1-2H3,(H,26,27,28). The van der Waals surface area contributed by atoms with Crippen LogP contribution in [0.1, 0.15) is 90.9 Å². The fourth-order valence-corrected chi connectivity index (χ4v) is 5.32. The third kappa shape index (κ3) is 11.2. The maximum atomic E-state index is 12.4. The second kappa shape index (κ2) is 14.7. The Labute approximate surface area is 186 Å². The first kappa shape index (κ1) is 29.7. The molecule has 0 saturated carbocycles. The average Bonchev–Trinajstić information content (AvgIpc) is 2.69. The monoisotopic (exact) mass is 484 g/mol. The quantitative estimate of drug-likeness (QED) is 0.179. The molecule has 0 aromatic heterocycles. The lowest BCUT2D eigenvalue weighted by atomic mass is 9.98. The molecule has 0 aromatic carbocycles. The fourth-order valence-electron chi connectivity index (χ4n) is 3.09. The minimum absolute atomic E-state index is 0.0944. The van der Waals surface area contributed by atoms with Crippen LogP contribution in [0.5, 0.6) is 0 Å². The van der Waals surface area contributed by atoms with Crippen molar-refractivity contribution in [2.75, 3.05) is 13.2 Å². The Hall–Kier alpha value is -1.26. The molecule has 10 nitrogen and oxygen atoms in total. The molecule has 0 radical (unpaired) electrons. The van der Waals surface area contributed by atoms with Crippen molar-refractivity contribution >= 4 is 25.7 Å². The predicted octanol–water partition coefficient (Wildman–Crippen LogP) is 3.53. The van der Waals surface area contributed by atoms with Crippen LogP contribution < -0.4 is 0 Å². The molecule has 31 heavy (non-hydrogen) atoms. The van der Waals surface area contributed by atoms with Crippen LogP contribution in [0.2, 0.25) is 0 Å². The van der Waals surface area contributed by atoms with Gasteiger partial charge in [0.2, 0.25) is 0 Å². The van der Waals surface area contributed by atoms with Crippen molar-refractivity contribution < 1.29 is 35.5 Å². The van der Waals surface area contributed by atoms with Crippen LogP contribution in [0, 0.1) is 11.3 Å². The van der Waals surface area contributed by atoms with E-state index in [-0.39, 0.29) is 19.4 Å². The van der Waals surface area contributed by atoms with Gasteiger partial charge >= 0.3 is 25.7 Å². The van der Waals surface area contributed by atoms with Gasteiger partial charge in [0.1, 0.15) is 5.54 Å². The molecule has 2 N–H and O–H groups in total. The highest BCUT2D eigenvalue weighted by Crippen LogP contribution is 2.26. The molecule has 0 aliphatic rings. The summed E-state index contributed by atoms with van der Waals surface area (Å²) in [5, 5.41) is 16.2. The molecule has 0 rings (SSSR count). The van der Waals surface area contributed by atoms with Gasteiger partial charge in [-0.25, -0.2) is 0 Å². The van der Waals surface area contributed by atoms with Crippen LogP contribution in [0.15, 0.2) is 0 Å². The average molecular weight is 485 g/mol. The van der Waals surface area contributed by atoms with Crippen LogP contribution in [0.4, 0.5) is 4.79 Å². The Kier molecular flexibility index (Phi) is 14.1.